The Bertz CT molecular complexity index is 792. The van der Waals surface area contributed by atoms with E-state index in [0.29, 0.717) is 27.0 Å². The van der Waals surface area contributed by atoms with E-state index in [0.717, 1.165) is 0 Å². The van der Waals surface area contributed by atoms with Crippen LogP contribution in [0.2, 0.25) is 10.0 Å². The van der Waals surface area contributed by atoms with Gasteiger partial charge < -0.3 is 10.1 Å². The zero-order chi connectivity index (χ0) is 18.2. The first-order valence-corrected chi connectivity index (χ1v) is 7.94. The summed E-state index contributed by atoms with van der Waals surface area (Å²) in [6.07, 6.45) is 1.01. The lowest BCUT2D eigenvalue weighted by Crippen LogP contribution is -2.24. The van der Waals surface area contributed by atoms with E-state index < -0.39 is 11.8 Å². The van der Waals surface area contributed by atoms with Gasteiger partial charge in [-0.05, 0) is 36.4 Å². The lowest BCUT2D eigenvalue weighted by molar-refractivity contribution is -0.126. The van der Waals surface area contributed by atoms with Gasteiger partial charge in [0, 0.05) is 16.3 Å². The lowest BCUT2D eigenvalue weighted by Gasteiger charge is -2.05. The maximum atomic E-state index is 11.8. The first-order chi connectivity index (χ1) is 12.0. The third-order valence-electron chi connectivity index (χ3n) is 3.05. The van der Waals surface area contributed by atoms with Crippen molar-refractivity contribution in [3.63, 3.8) is 0 Å². The van der Waals surface area contributed by atoms with Crippen molar-refractivity contribution in [3.8, 4) is 5.75 Å². The molecule has 0 unspecified atom stereocenters. The number of anilines is 1. The molecule has 0 saturated heterocycles. The van der Waals surface area contributed by atoms with Crippen LogP contribution in [0.4, 0.5) is 5.69 Å². The predicted molar refractivity (Wildman–Crippen MR) is 98.4 cm³/mol. The molecule has 2 amide bonds. The Kier molecular flexibility index (Phi) is 6.80. The molecule has 6 nitrogen and oxygen atoms in total. The van der Waals surface area contributed by atoms with Crippen LogP contribution < -0.4 is 15.5 Å². The lowest BCUT2D eigenvalue weighted by atomic mass is 10.2. The molecule has 130 valence electrons. The van der Waals surface area contributed by atoms with Crippen molar-refractivity contribution in [3.05, 3.63) is 58.1 Å². The molecule has 0 radical (unpaired) electrons. The molecule has 2 rings (SSSR count). The van der Waals surface area contributed by atoms with Crippen molar-refractivity contribution in [2.24, 2.45) is 5.10 Å². The SMILES string of the molecule is COc1ccc(NC(=O)CC(=O)NN=Cc2ccc(Cl)cc2Cl)cc1. The van der Waals surface area contributed by atoms with Gasteiger partial charge in [-0.1, -0.05) is 29.3 Å². The van der Waals surface area contributed by atoms with Crippen molar-refractivity contribution >= 4 is 46.9 Å². The van der Waals surface area contributed by atoms with Gasteiger partial charge in [0.05, 0.1) is 18.3 Å². The average Bonchev–Trinajstić information content (AvgIpc) is 2.57. The highest BCUT2D eigenvalue weighted by atomic mass is 35.5. The first-order valence-electron chi connectivity index (χ1n) is 7.19. The highest BCUT2D eigenvalue weighted by Gasteiger charge is 2.09. The molecular weight excluding hydrogens is 365 g/mol. The minimum Gasteiger partial charge on any atom is -0.497 e. The number of ether oxygens (including phenoxy) is 1. The summed E-state index contributed by atoms with van der Waals surface area (Å²) in [7, 11) is 1.55. The van der Waals surface area contributed by atoms with Gasteiger partial charge in [0.2, 0.25) is 11.8 Å². The van der Waals surface area contributed by atoms with E-state index in [9.17, 15) is 9.59 Å². The fourth-order valence-corrected chi connectivity index (χ4v) is 2.30. The highest BCUT2D eigenvalue weighted by molar-refractivity contribution is 6.36. The zero-order valence-corrected chi connectivity index (χ0v) is 14.8. The first kappa shape index (κ1) is 18.8. The minimum absolute atomic E-state index is 0.363. The molecule has 0 aliphatic carbocycles. The summed E-state index contributed by atoms with van der Waals surface area (Å²) in [6.45, 7) is 0. The second-order valence-corrected chi connectivity index (χ2v) is 5.76. The maximum Gasteiger partial charge on any atom is 0.249 e. The van der Waals surface area contributed by atoms with Gasteiger partial charge in [-0.15, -0.1) is 0 Å². The van der Waals surface area contributed by atoms with Gasteiger partial charge in [0.15, 0.2) is 0 Å². The van der Waals surface area contributed by atoms with Crippen LogP contribution >= 0.6 is 23.2 Å². The van der Waals surface area contributed by atoms with Crippen molar-refractivity contribution < 1.29 is 14.3 Å². The van der Waals surface area contributed by atoms with E-state index in [-0.39, 0.29) is 6.42 Å². The number of carbonyl (C=O) groups excluding carboxylic acids is 2. The number of methoxy groups -OCH3 is 1. The smallest absolute Gasteiger partial charge is 0.249 e. The van der Waals surface area contributed by atoms with Gasteiger partial charge >= 0.3 is 0 Å². The van der Waals surface area contributed by atoms with E-state index in [1.54, 1.807) is 49.6 Å². The second-order valence-electron chi connectivity index (χ2n) is 4.91. The molecule has 25 heavy (non-hydrogen) atoms. The Morgan fingerprint density at radius 2 is 1.84 bits per heavy atom. The number of amides is 2. The van der Waals surface area contributed by atoms with Crippen LogP contribution in [0.15, 0.2) is 47.6 Å². The van der Waals surface area contributed by atoms with Gasteiger partial charge in [-0.25, -0.2) is 5.43 Å². The zero-order valence-electron chi connectivity index (χ0n) is 13.3. The summed E-state index contributed by atoms with van der Waals surface area (Å²) >= 11 is 11.8. The molecule has 8 heteroatoms. The summed E-state index contributed by atoms with van der Waals surface area (Å²) in [5, 5.41) is 7.28. The fraction of sp³-hybridized carbons (Fsp3) is 0.118. The number of hydrogen-bond acceptors (Lipinski definition) is 4. The van der Waals surface area contributed by atoms with E-state index in [1.165, 1.54) is 6.21 Å². The highest BCUT2D eigenvalue weighted by Crippen LogP contribution is 2.19. The van der Waals surface area contributed by atoms with Crippen molar-refractivity contribution in [1.82, 2.24) is 5.43 Å². The average molecular weight is 380 g/mol. The molecule has 0 aromatic heterocycles. The van der Waals surface area contributed by atoms with E-state index in [4.69, 9.17) is 27.9 Å². The topological polar surface area (TPSA) is 79.8 Å². The second kappa shape index (κ2) is 9.05. The standard InChI is InChI=1S/C17H15Cl2N3O3/c1-25-14-6-4-13(5-7-14)21-16(23)9-17(24)22-20-10-11-2-3-12(18)8-15(11)19/h2-8,10H,9H2,1H3,(H,21,23)(H,22,24). The molecule has 0 bridgehead atoms. The van der Waals surface area contributed by atoms with Gasteiger partial charge in [-0.3, -0.25) is 9.59 Å². The van der Waals surface area contributed by atoms with Crippen LogP contribution in [-0.4, -0.2) is 25.1 Å². The molecular formula is C17H15Cl2N3O3. The van der Waals surface area contributed by atoms with Gasteiger partial charge in [0.1, 0.15) is 12.2 Å². The fourth-order valence-electron chi connectivity index (χ4n) is 1.84. The number of nitrogens with one attached hydrogen (secondary N) is 2. The van der Waals surface area contributed by atoms with Crippen LogP contribution in [0.25, 0.3) is 0 Å². The quantitative estimate of drug-likeness (QED) is 0.458. The normalized spacial score (nSPS) is 10.5. The third-order valence-corrected chi connectivity index (χ3v) is 3.61. The largest absolute Gasteiger partial charge is 0.497 e. The Morgan fingerprint density at radius 1 is 1.12 bits per heavy atom. The summed E-state index contributed by atoms with van der Waals surface area (Å²) in [4.78, 5) is 23.5. The molecule has 2 aromatic rings. The number of hydrazone groups is 1. The Balaban J connectivity index is 1.82. The minimum atomic E-state index is -0.549. The molecule has 0 aliphatic heterocycles. The van der Waals surface area contributed by atoms with Crippen LogP contribution in [0, 0.1) is 0 Å². The molecule has 2 N–H and O–H groups in total. The Labute approximate surface area is 154 Å². The molecule has 2 aromatic carbocycles. The third kappa shape index (κ3) is 6.10. The van der Waals surface area contributed by atoms with Gasteiger partial charge in [-0.2, -0.15) is 5.10 Å². The molecule has 0 atom stereocenters. The molecule has 0 heterocycles. The van der Waals surface area contributed by atoms with E-state index >= 15 is 0 Å². The van der Waals surface area contributed by atoms with Crippen LogP contribution in [0.3, 0.4) is 0 Å². The summed E-state index contributed by atoms with van der Waals surface area (Å²) in [6, 6.07) is 11.6. The number of rotatable bonds is 6. The van der Waals surface area contributed by atoms with Gasteiger partial charge in [0.25, 0.3) is 0 Å². The monoisotopic (exact) mass is 379 g/mol. The molecule has 0 aliphatic rings. The summed E-state index contributed by atoms with van der Waals surface area (Å²) in [5.41, 5.74) is 3.42. The van der Waals surface area contributed by atoms with Crippen LogP contribution in [-0.2, 0) is 9.59 Å². The summed E-state index contributed by atoms with van der Waals surface area (Å²) in [5.74, 6) is -0.333. The Hall–Kier alpha value is -2.57. The molecule has 0 saturated carbocycles. The number of nitrogens with zero attached hydrogens (tertiary/aromatic N) is 1. The van der Waals surface area contributed by atoms with Crippen molar-refractivity contribution in [1.29, 1.82) is 0 Å². The molecule has 0 spiro atoms. The molecule has 0 fully saturated rings. The predicted octanol–water partition coefficient (Wildman–Crippen LogP) is 3.48. The number of carbonyl (C=O) groups is 2. The van der Waals surface area contributed by atoms with Crippen LogP contribution in [0.1, 0.15) is 12.0 Å². The summed E-state index contributed by atoms with van der Waals surface area (Å²) < 4.78 is 5.02. The van der Waals surface area contributed by atoms with Crippen LogP contribution in [0.5, 0.6) is 5.75 Å². The van der Waals surface area contributed by atoms with E-state index in [2.05, 4.69) is 15.8 Å². The number of hydrogen-bond donors (Lipinski definition) is 2. The van der Waals surface area contributed by atoms with Crippen molar-refractivity contribution in [2.75, 3.05) is 12.4 Å². The van der Waals surface area contributed by atoms with E-state index in [1.807, 2.05) is 0 Å². The Morgan fingerprint density at radius 3 is 2.48 bits per heavy atom. The number of halogens is 2. The number of benzene rings is 2. The maximum absolute atomic E-state index is 11.8. The van der Waals surface area contributed by atoms with Crippen molar-refractivity contribution in [2.45, 2.75) is 6.42 Å².